The van der Waals surface area contributed by atoms with Gasteiger partial charge < -0.3 is 4.43 Å². The van der Waals surface area contributed by atoms with E-state index in [4.69, 9.17) is 16.0 Å². The second-order valence-corrected chi connectivity index (χ2v) is 16.7. The van der Waals surface area contributed by atoms with E-state index in [1.807, 2.05) is 6.07 Å². The van der Waals surface area contributed by atoms with Crippen LogP contribution in [0.3, 0.4) is 0 Å². The van der Waals surface area contributed by atoms with Gasteiger partial charge in [-0.3, -0.25) is 0 Å². The second kappa shape index (κ2) is 14.4. The average molecular weight is 588 g/mol. The van der Waals surface area contributed by atoms with E-state index in [9.17, 15) is 4.39 Å². The third kappa shape index (κ3) is 7.74. The summed E-state index contributed by atoms with van der Waals surface area (Å²) >= 11 is 6.61. The van der Waals surface area contributed by atoms with Gasteiger partial charge in [-0.25, -0.2) is 9.37 Å². The summed E-state index contributed by atoms with van der Waals surface area (Å²) in [6, 6.07) is 32.1. The molecule has 0 aliphatic rings. The van der Waals surface area contributed by atoms with Crippen LogP contribution in [-0.4, -0.2) is 19.9 Å². The highest BCUT2D eigenvalue weighted by Gasteiger charge is 2.50. The molecule has 0 N–H and O–H groups in total. The Morgan fingerprint density at radius 1 is 0.805 bits per heavy atom. The molecule has 2 nitrogen and oxygen atoms in total. The lowest BCUT2D eigenvalue weighted by molar-refractivity contribution is 0.262. The molecule has 4 rings (SSSR count). The van der Waals surface area contributed by atoms with Gasteiger partial charge in [0.2, 0.25) is 0 Å². The van der Waals surface area contributed by atoms with E-state index in [1.54, 1.807) is 12.1 Å². The van der Waals surface area contributed by atoms with Gasteiger partial charge in [-0.1, -0.05) is 132 Å². The summed E-state index contributed by atoms with van der Waals surface area (Å²) in [6.45, 7) is 9.78. The number of benzene rings is 3. The summed E-state index contributed by atoms with van der Waals surface area (Å²) in [5.74, 6) is -0.113. The van der Waals surface area contributed by atoms with Crippen molar-refractivity contribution in [2.24, 2.45) is 0 Å². The lowest BCUT2D eigenvalue weighted by atomic mass is 9.93. The van der Waals surface area contributed by atoms with Crippen LogP contribution in [0.1, 0.15) is 77.7 Å². The highest BCUT2D eigenvalue weighted by atomic mass is 35.5. The highest BCUT2D eigenvalue weighted by molar-refractivity contribution is 6.99. The van der Waals surface area contributed by atoms with Crippen molar-refractivity contribution in [1.82, 2.24) is 4.98 Å². The van der Waals surface area contributed by atoms with E-state index >= 15 is 0 Å². The largest absolute Gasteiger partial charge is 0.407 e. The molecular weight excluding hydrogens is 545 g/mol. The van der Waals surface area contributed by atoms with Gasteiger partial charge >= 0.3 is 0 Å². The maximum Gasteiger partial charge on any atom is 0.261 e. The topological polar surface area (TPSA) is 22.1 Å². The third-order valence-corrected chi connectivity index (χ3v) is 13.2. The molecule has 1 atom stereocenters. The van der Waals surface area contributed by atoms with Crippen molar-refractivity contribution in [3.8, 4) is 11.3 Å². The van der Waals surface area contributed by atoms with Crippen LogP contribution in [0.5, 0.6) is 0 Å². The van der Waals surface area contributed by atoms with Crippen LogP contribution in [-0.2, 0) is 4.43 Å². The number of rotatable bonds is 13. The minimum atomic E-state index is -2.69. The fourth-order valence-electron chi connectivity index (χ4n) is 5.85. The van der Waals surface area contributed by atoms with Gasteiger partial charge in [0.1, 0.15) is 11.0 Å². The number of hydrogen-bond acceptors (Lipinski definition) is 2. The first-order chi connectivity index (χ1) is 19.7. The van der Waals surface area contributed by atoms with Gasteiger partial charge in [0.05, 0.1) is 5.69 Å². The first-order valence-electron chi connectivity index (χ1n) is 14.9. The Morgan fingerprint density at radius 2 is 1.39 bits per heavy atom. The number of halogens is 2. The van der Waals surface area contributed by atoms with E-state index in [0.717, 1.165) is 29.7 Å². The number of nitrogens with zero attached hydrogens (tertiary/aromatic N) is 1. The quantitative estimate of drug-likeness (QED) is 0.0882. The molecule has 216 valence electrons. The monoisotopic (exact) mass is 587 g/mol. The van der Waals surface area contributed by atoms with Crippen LogP contribution in [0.15, 0.2) is 97.1 Å². The van der Waals surface area contributed by atoms with Crippen LogP contribution in [0.25, 0.3) is 11.3 Å². The Balaban J connectivity index is 1.74. The molecule has 0 spiro atoms. The van der Waals surface area contributed by atoms with E-state index in [2.05, 4.69) is 99.4 Å². The molecule has 0 aliphatic carbocycles. The molecular formula is C36H43ClFNOSi. The van der Waals surface area contributed by atoms with E-state index in [1.165, 1.54) is 48.2 Å². The Kier molecular flexibility index (Phi) is 10.9. The highest BCUT2D eigenvalue weighted by Crippen LogP contribution is 2.38. The molecule has 0 saturated carbocycles. The predicted octanol–water partition coefficient (Wildman–Crippen LogP) is 9.56. The van der Waals surface area contributed by atoms with E-state index < -0.39 is 8.32 Å². The van der Waals surface area contributed by atoms with Gasteiger partial charge in [0, 0.05) is 18.1 Å². The number of unbranched alkanes of at least 4 members (excludes halogenated alkanes) is 4. The Morgan fingerprint density at radius 3 is 1.95 bits per heavy atom. The Hall–Kier alpha value is -2.79. The molecule has 4 aromatic rings. The fraction of sp³-hybridized carbons (Fsp3) is 0.361. The van der Waals surface area contributed by atoms with Crippen molar-refractivity contribution in [3.63, 3.8) is 0 Å². The first-order valence-corrected chi connectivity index (χ1v) is 17.2. The van der Waals surface area contributed by atoms with Crippen molar-refractivity contribution >= 4 is 30.3 Å². The summed E-state index contributed by atoms with van der Waals surface area (Å²) in [5.41, 5.74) is 2.73. The van der Waals surface area contributed by atoms with Crippen LogP contribution < -0.4 is 10.4 Å². The zero-order valence-corrected chi connectivity index (χ0v) is 26.6. The van der Waals surface area contributed by atoms with Gasteiger partial charge in [-0.05, 0) is 63.8 Å². The first kappa shape index (κ1) is 31.1. The summed E-state index contributed by atoms with van der Waals surface area (Å²) in [5, 5.41) is 2.90. The van der Waals surface area contributed by atoms with Crippen LogP contribution >= 0.6 is 11.6 Å². The van der Waals surface area contributed by atoms with E-state index in [-0.39, 0.29) is 16.8 Å². The summed E-state index contributed by atoms with van der Waals surface area (Å²) in [6.07, 6.45) is 7.07. The molecule has 0 fully saturated rings. The molecule has 1 unspecified atom stereocenters. The second-order valence-electron chi connectivity index (χ2n) is 12.0. The lowest BCUT2D eigenvalue weighted by Crippen LogP contribution is -2.66. The molecule has 1 aromatic heterocycles. The van der Waals surface area contributed by atoms with Gasteiger partial charge in [0.15, 0.2) is 0 Å². The van der Waals surface area contributed by atoms with Crippen molar-refractivity contribution < 1.29 is 8.82 Å². The molecule has 3 aromatic carbocycles. The summed E-state index contributed by atoms with van der Waals surface area (Å²) in [4.78, 5) is 4.59. The zero-order valence-electron chi connectivity index (χ0n) is 24.9. The fourth-order valence-corrected chi connectivity index (χ4v) is 10.7. The van der Waals surface area contributed by atoms with Gasteiger partial charge in [-0.2, -0.15) is 0 Å². The lowest BCUT2D eigenvalue weighted by Gasteiger charge is -2.43. The van der Waals surface area contributed by atoms with Crippen LogP contribution in [0, 0.1) is 5.82 Å². The third-order valence-electron chi connectivity index (χ3n) is 8.00. The average Bonchev–Trinajstić information content (AvgIpc) is 2.96. The summed E-state index contributed by atoms with van der Waals surface area (Å²) in [7, 11) is -2.69. The molecule has 1 heterocycles. The van der Waals surface area contributed by atoms with Crippen LogP contribution in [0.2, 0.25) is 10.2 Å². The minimum absolute atomic E-state index is 0.101. The normalized spacial score (nSPS) is 12.8. The van der Waals surface area contributed by atoms with Crippen molar-refractivity contribution in [2.45, 2.75) is 77.2 Å². The summed E-state index contributed by atoms with van der Waals surface area (Å²) < 4.78 is 21.0. The molecule has 0 saturated heterocycles. The molecule has 0 radical (unpaired) electrons. The molecule has 5 heteroatoms. The van der Waals surface area contributed by atoms with Gasteiger partial charge in [-0.15, -0.1) is 0 Å². The van der Waals surface area contributed by atoms with Gasteiger partial charge in [0.25, 0.3) is 8.32 Å². The SMILES string of the molecule is CCCCCCCC(CO[Si](c1ccccc1)(c1ccccc1)C(C)(C)C)c1cc(Cl)nc(-c2ccc(F)cc2)c1. The predicted molar refractivity (Wildman–Crippen MR) is 174 cm³/mol. The van der Waals surface area contributed by atoms with E-state index in [0.29, 0.717) is 11.8 Å². The standard InChI is InChI=1S/C36H43ClFNOSi/c1-5-6-7-8-11-16-29(30-25-34(39-35(37)26-30)28-21-23-31(38)24-22-28)27-40-41(36(2,3)4,32-17-12-9-13-18-32)33-19-14-10-15-20-33/h9-10,12-15,17-26,29H,5-8,11,16,27H2,1-4H3. The molecule has 0 bridgehead atoms. The van der Waals surface area contributed by atoms with Crippen molar-refractivity contribution in [3.05, 3.63) is 114 Å². The maximum absolute atomic E-state index is 13.6. The molecule has 0 amide bonds. The van der Waals surface area contributed by atoms with Crippen molar-refractivity contribution in [2.75, 3.05) is 6.61 Å². The Labute approximate surface area is 252 Å². The maximum atomic E-state index is 13.6. The number of pyridine rings is 1. The smallest absolute Gasteiger partial charge is 0.261 e. The number of hydrogen-bond donors (Lipinski definition) is 0. The molecule has 41 heavy (non-hydrogen) atoms. The Bertz CT molecular complexity index is 1320. The minimum Gasteiger partial charge on any atom is -0.407 e. The number of aromatic nitrogens is 1. The zero-order chi connectivity index (χ0) is 29.3. The molecule has 0 aliphatic heterocycles. The van der Waals surface area contributed by atoms with Crippen LogP contribution in [0.4, 0.5) is 4.39 Å². The van der Waals surface area contributed by atoms with Crippen molar-refractivity contribution in [1.29, 1.82) is 0 Å².